The molecular weight excluding hydrogens is 450 g/mol. The Morgan fingerprint density at radius 3 is 2.44 bits per heavy atom. The molecule has 8 nitrogen and oxygen atoms in total. The van der Waals surface area contributed by atoms with Crippen LogP contribution in [0.1, 0.15) is 36.8 Å². The maximum atomic E-state index is 12.9. The highest BCUT2D eigenvalue weighted by Gasteiger charge is 2.28. The molecule has 1 fully saturated rings. The fourth-order valence-electron chi connectivity index (χ4n) is 3.32. The number of amides is 2. The van der Waals surface area contributed by atoms with Crippen LogP contribution < -0.4 is 10.6 Å². The number of hydrogen-bond acceptors (Lipinski definition) is 6. The van der Waals surface area contributed by atoms with Crippen molar-refractivity contribution in [2.45, 2.75) is 37.1 Å². The number of nitrogens with zero attached hydrogens (tertiary/aromatic N) is 1. The Morgan fingerprint density at radius 2 is 1.78 bits per heavy atom. The molecule has 1 atom stereocenters. The number of hydrogen-bond donors (Lipinski definition) is 2. The summed E-state index contributed by atoms with van der Waals surface area (Å²) in [6.45, 7) is 5.49. The largest absolute Gasteiger partial charge is 0.379 e. The Hall–Kier alpha value is -2.27. The number of benzene rings is 1. The first kappa shape index (κ1) is 24.4. The van der Waals surface area contributed by atoms with Crippen LogP contribution >= 0.6 is 11.3 Å². The highest BCUT2D eigenvalue weighted by atomic mass is 32.2. The van der Waals surface area contributed by atoms with Gasteiger partial charge in [0.05, 0.1) is 19.8 Å². The minimum atomic E-state index is -3.56. The summed E-state index contributed by atoms with van der Waals surface area (Å²) in [5, 5.41) is 5.64. The van der Waals surface area contributed by atoms with Gasteiger partial charge in [0.15, 0.2) is 0 Å². The molecule has 1 unspecified atom stereocenters. The van der Waals surface area contributed by atoms with Crippen molar-refractivity contribution in [1.29, 1.82) is 0 Å². The van der Waals surface area contributed by atoms with Crippen LogP contribution in [0, 0.1) is 5.92 Å². The van der Waals surface area contributed by atoms with Gasteiger partial charge in [0, 0.05) is 24.4 Å². The number of thiophene rings is 1. The smallest absolute Gasteiger partial charge is 0.252 e. The second-order valence-electron chi connectivity index (χ2n) is 7.96. The van der Waals surface area contributed by atoms with E-state index in [-0.39, 0.29) is 28.5 Å². The fourth-order valence-corrected chi connectivity index (χ4v) is 6.18. The summed E-state index contributed by atoms with van der Waals surface area (Å²) < 4.78 is 32.5. The molecule has 2 heterocycles. The van der Waals surface area contributed by atoms with E-state index >= 15 is 0 Å². The van der Waals surface area contributed by atoms with Crippen molar-refractivity contribution in [3.8, 4) is 0 Å². The molecule has 0 spiro atoms. The maximum Gasteiger partial charge on any atom is 0.252 e. The van der Waals surface area contributed by atoms with Crippen LogP contribution in [-0.2, 0) is 30.9 Å². The van der Waals surface area contributed by atoms with Crippen molar-refractivity contribution >= 4 is 33.2 Å². The van der Waals surface area contributed by atoms with Crippen molar-refractivity contribution in [3.63, 3.8) is 0 Å². The number of ether oxygens (including phenoxy) is 1. The number of rotatable bonds is 9. The van der Waals surface area contributed by atoms with Gasteiger partial charge in [-0.05, 0) is 23.6 Å². The lowest BCUT2D eigenvalue weighted by molar-refractivity contribution is -0.129. The van der Waals surface area contributed by atoms with Crippen LogP contribution in [-0.4, -0.2) is 50.8 Å². The van der Waals surface area contributed by atoms with Crippen LogP contribution in [0.4, 0.5) is 0 Å². The van der Waals surface area contributed by atoms with E-state index in [0.717, 1.165) is 11.3 Å². The van der Waals surface area contributed by atoms with Gasteiger partial charge < -0.3 is 15.4 Å². The van der Waals surface area contributed by atoms with Gasteiger partial charge in [-0.3, -0.25) is 9.59 Å². The van der Waals surface area contributed by atoms with Gasteiger partial charge in [0.1, 0.15) is 10.3 Å². The Kier molecular flexibility index (Phi) is 8.41. The molecule has 10 heteroatoms. The van der Waals surface area contributed by atoms with Gasteiger partial charge in [-0.1, -0.05) is 44.2 Å². The Balaban J connectivity index is 1.66. The normalized spacial score (nSPS) is 16.0. The molecule has 1 aromatic heterocycles. The minimum Gasteiger partial charge on any atom is -0.379 e. The Labute approximate surface area is 193 Å². The SMILES string of the molecule is CC(C)CC(=O)NC(C(=O)NCc1ccc(S(=O)(=O)N2CCOCC2)s1)c1ccccc1. The van der Waals surface area contributed by atoms with Gasteiger partial charge in [-0.25, -0.2) is 8.42 Å². The monoisotopic (exact) mass is 479 g/mol. The predicted molar refractivity (Wildman–Crippen MR) is 123 cm³/mol. The van der Waals surface area contributed by atoms with Crippen LogP contribution in [0.15, 0.2) is 46.7 Å². The van der Waals surface area contributed by atoms with E-state index in [1.54, 1.807) is 24.3 Å². The number of nitrogens with one attached hydrogen (secondary N) is 2. The average molecular weight is 480 g/mol. The highest BCUT2D eigenvalue weighted by Crippen LogP contribution is 2.25. The first-order valence-electron chi connectivity index (χ1n) is 10.6. The number of morpholine rings is 1. The van der Waals surface area contributed by atoms with Gasteiger partial charge in [-0.15, -0.1) is 11.3 Å². The summed E-state index contributed by atoms with van der Waals surface area (Å²) in [6, 6.07) is 11.5. The number of carbonyl (C=O) groups excluding carboxylic acids is 2. The number of sulfonamides is 1. The molecule has 1 saturated heterocycles. The van der Waals surface area contributed by atoms with Crippen molar-refractivity contribution in [3.05, 3.63) is 52.9 Å². The minimum absolute atomic E-state index is 0.172. The Morgan fingerprint density at radius 1 is 1.09 bits per heavy atom. The predicted octanol–water partition coefficient (Wildman–Crippen LogP) is 2.29. The molecule has 0 saturated carbocycles. The van der Waals surface area contributed by atoms with E-state index in [1.165, 1.54) is 4.31 Å². The summed E-state index contributed by atoms with van der Waals surface area (Å²) >= 11 is 1.13. The van der Waals surface area contributed by atoms with E-state index in [9.17, 15) is 18.0 Å². The zero-order chi connectivity index (χ0) is 23.1. The molecule has 2 aromatic rings. The first-order valence-corrected chi connectivity index (χ1v) is 12.8. The third-order valence-electron chi connectivity index (χ3n) is 4.93. The number of carbonyl (C=O) groups is 2. The van der Waals surface area contributed by atoms with Crippen molar-refractivity contribution < 1.29 is 22.7 Å². The van der Waals surface area contributed by atoms with Crippen LogP contribution in [0.5, 0.6) is 0 Å². The van der Waals surface area contributed by atoms with Crippen LogP contribution in [0.25, 0.3) is 0 Å². The van der Waals surface area contributed by atoms with Crippen LogP contribution in [0.3, 0.4) is 0 Å². The second kappa shape index (κ2) is 11.0. The third kappa shape index (κ3) is 6.38. The highest BCUT2D eigenvalue weighted by molar-refractivity contribution is 7.91. The van der Waals surface area contributed by atoms with Gasteiger partial charge in [0.25, 0.3) is 10.0 Å². The lowest BCUT2D eigenvalue weighted by Crippen LogP contribution is -2.40. The molecule has 32 heavy (non-hydrogen) atoms. The molecule has 2 amide bonds. The molecule has 0 radical (unpaired) electrons. The van der Waals surface area contributed by atoms with Crippen molar-refractivity contribution in [2.24, 2.45) is 5.92 Å². The standard InChI is InChI=1S/C22H29N3O5S2/c1-16(2)14-19(26)24-21(17-6-4-3-5-7-17)22(27)23-15-18-8-9-20(31-18)32(28,29)25-10-12-30-13-11-25/h3-9,16,21H,10-15H2,1-2H3,(H,23,27)(H,24,26). The van der Waals surface area contributed by atoms with Gasteiger partial charge in [-0.2, -0.15) is 4.31 Å². The molecule has 1 aliphatic heterocycles. The quantitative estimate of drug-likeness (QED) is 0.574. The van der Waals surface area contributed by atoms with Crippen LogP contribution in [0.2, 0.25) is 0 Å². The molecule has 1 aromatic carbocycles. The lowest BCUT2D eigenvalue weighted by atomic mass is 10.0. The summed E-state index contributed by atoms with van der Waals surface area (Å²) in [6.07, 6.45) is 0.324. The zero-order valence-corrected chi connectivity index (χ0v) is 19.9. The van der Waals surface area contributed by atoms with E-state index in [1.807, 2.05) is 32.0 Å². The topological polar surface area (TPSA) is 105 Å². The molecule has 3 rings (SSSR count). The average Bonchev–Trinajstić information content (AvgIpc) is 3.26. The van der Waals surface area contributed by atoms with Gasteiger partial charge in [0.2, 0.25) is 11.8 Å². The van der Waals surface area contributed by atoms with Crippen molar-refractivity contribution in [1.82, 2.24) is 14.9 Å². The molecule has 0 bridgehead atoms. The maximum absolute atomic E-state index is 12.9. The lowest BCUT2D eigenvalue weighted by Gasteiger charge is -2.25. The van der Waals surface area contributed by atoms with Gasteiger partial charge >= 0.3 is 0 Å². The van der Waals surface area contributed by atoms with E-state index in [4.69, 9.17) is 4.74 Å². The molecule has 0 aliphatic carbocycles. The van der Waals surface area contributed by atoms with Crippen molar-refractivity contribution in [2.75, 3.05) is 26.3 Å². The second-order valence-corrected chi connectivity index (χ2v) is 11.3. The zero-order valence-electron chi connectivity index (χ0n) is 18.2. The summed E-state index contributed by atoms with van der Waals surface area (Å²) in [5.41, 5.74) is 0.684. The summed E-state index contributed by atoms with van der Waals surface area (Å²) in [5.74, 6) is -0.370. The Bertz CT molecular complexity index is 1020. The van der Waals surface area contributed by atoms with E-state index in [0.29, 0.717) is 43.2 Å². The summed E-state index contributed by atoms with van der Waals surface area (Å²) in [4.78, 5) is 26.0. The fraction of sp³-hybridized carbons (Fsp3) is 0.455. The summed E-state index contributed by atoms with van der Waals surface area (Å²) in [7, 11) is -3.56. The molecule has 174 valence electrons. The van der Waals surface area contributed by atoms with E-state index in [2.05, 4.69) is 10.6 Å². The first-order chi connectivity index (χ1) is 15.3. The molecular formula is C22H29N3O5S2. The molecule has 2 N–H and O–H groups in total. The third-order valence-corrected chi connectivity index (χ3v) is 8.38. The van der Waals surface area contributed by atoms with E-state index < -0.39 is 16.1 Å². The molecule has 1 aliphatic rings.